The van der Waals surface area contributed by atoms with Gasteiger partial charge in [0.2, 0.25) is 0 Å². The largest absolute Gasteiger partial charge is 0.370 e. The van der Waals surface area contributed by atoms with E-state index >= 15 is 0 Å². The number of H-pyrrole nitrogens is 1. The van der Waals surface area contributed by atoms with Gasteiger partial charge in [-0.05, 0) is 25.8 Å². The van der Waals surface area contributed by atoms with Crippen LogP contribution in [0.25, 0.3) is 0 Å². The lowest BCUT2D eigenvalue weighted by molar-refractivity contribution is 0.105. The zero-order chi connectivity index (χ0) is 10.5. The van der Waals surface area contributed by atoms with E-state index in [1.165, 1.54) is 0 Å². The van der Waals surface area contributed by atoms with Gasteiger partial charge in [-0.2, -0.15) is 0 Å². The summed E-state index contributed by atoms with van der Waals surface area (Å²) in [6.07, 6.45) is 5.50. The van der Waals surface area contributed by atoms with Gasteiger partial charge in [-0.1, -0.05) is 6.92 Å². The highest BCUT2D eigenvalue weighted by Crippen LogP contribution is 2.25. The van der Waals surface area contributed by atoms with Gasteiger partial charge in [0.1, 0.15) is 11.9 Å². The quantitative estimate of drug-likeness (QED) is 0.726. The number of aromatic nitrogens is 2. The molecule has 4 nitrogen and oxygen atoms in total. The number of hydrogen-bond acceptors (Lipinski definition) is 3. The highest BCUT2D eigenvalue weighted by molar-refractivity contribution is 5.04. The maximum atomic E-state index is 5.56. The lowest BCUT2D eigenvalue weighted by Crippen LogP contribution is -2.14. The highest BCUT2D eigenvalue weighted by Gasteiger charge is 2.20. The molecular formula is C11H19N3O. The molecule has 1 atom stereocenters. The minimum absolute atomic E-state index is 0.199. The molecule has 1 aromatic heterocycles. The molecule has 1 aliphatic rings. The summed E-state index contributed by atoms with van der Waals surface area (Å²) in [5.41, 5.74) is 1.15. The van der Waals surface area contributed by atoms with Crippen molar-refractivity contribution in [2.45, 2.75) is 38.8 Å². The van der Waals surface area contributed by atoms with Crippen molar-refractivity contribution < 1.29 is 4.74 Å². The average molecular weight is 209 g/mol. The first-order valence-corrected chi connectivity index (χ1v) is 5.76. The molecule has 84 valence electrons. The van der Waals surface area contributed by atoms with Crippen LogP contribution < -0.4 is 5.32 Å². The van der Waals surface area contributed by atoms with E-state index in [1.54, 1.807) is 0 Å². The van der Waals surface area contributed by atoms with Crippen LogP contribution in [-0.2, 0) is 11.3 Å². The van der Waals surface area contributed by atoms with Crippen LogP contribution in [0.3, 0.4) is 0 Å². The van der Waals surface area contributed by atoms with E-state index in [1.807, 2.05) is 6.20 Å². The molecule has 0 spiro atoms. The first kappa shape index (κ1) is 10.6. The Balaban J connectivity index is 1.86. The highest BCUT2D eigenvalue weighted by atomic mass is 16.5. The van der Waals surface area contributed by atoms with Crippen LogP contribution in [0.1, 0.15) is 43.8 Å². The molecule has 0 radical (unpaired) electrons. The fourth-order valence-electron chi connectivity index (χ4n) is 1.82. The zero-order valence-electron chi connectivity index (χ0n) is 9.25. The van der Waals surface area contributed by atoms with Gasteiger partial charge in [0.05, 0.1) is 0 Å². The minimum Gasteiger partial charge on any atom is -0.370 e. The van der Waals surface area contributed by atoms with Crippen molar-refractivity contribution in [1.82, 2.24) is 15.3 Å². The summed E-state index contributed by atoms with van der Waals surface area (Å²) < 4.78 is 5.56. The molecule has 0 aromatic carbocycles. The Hall–Kier alpha value is -0.870. The Labute approximate surface area is 90.4 Å². The van der Waals surface area contributed by atoms with Crippen LogP contribution in [0.2, 0.25) is 0 Å². The average Bonchev–Trinajstić information content (AvgIpc) is 2.87. The molecule has 2 N–H and O–H groups in total. The standard InChI is InChI=1S/C11H19N3O/c1-2-5-12-7-9-8-13-11(14-9)10-4-3-6-15-10/h8,10,12H,2-7H2,1H3,(H,13,14). The SMILES string of the molecule is CCCNCc1cnc(C2CCCO2)[nH]1. The second kappa shape index (κ2) is 5.28. The number of ether oxygens (including phenoxy) is 1. The minimum atomic E-state index is 0.199. The number of nitrogens with zero attached hydrogens (tertiary/aromatic N) is 1. The van der Waals surface area contributed by atoms with E-state index in [-0.39, 0.29) is 6.10 Å². The van der Waals surface area contributed by atoms with Crippen molar-refractivity contribution in [3.8, 4) is 0 Å². The molecule has 1 fully saturated rings. The molecule has 0 amide bonds. The van der Waals surface area contributed by atoms with Gasteiger partial charge in [0, 0.05) is 25.0 Å². The first-order chi connectivity index (χ1) is 7.40. The number of nitrogens with one attached hydrogen (secondary N) is 2. The number of rotatable bonds is 5. The van der Waals surface area contributed by atoms with Crippen molar-refractivity contribution in [2.75, 3.05) is 13.2 Å². The molecule has 4 heteroatoms. The van der Waals surface area contributed by atoms with Crippen molar-refractivity contribution in [3.05, 3.63) is 17.7 Å². The molecule has 0 aliphatic carbocycles. The number of imidazole rings is 1. The Morgan fingerprint density at radius 1 is 1.67 bits per heavy atom. The molecule has 1 unspecified atom stereocenters. The molecule has 1 aromatic rings. The van der Waals surface area contributed by atoms with Crippen LogP contribution >= 0.6 is 0 Å². The van der Waals surface area contributed by atoms with Crippen LogP contribution in [0.15, 0.2) is 6.20 Å². The van der Waals surface area contributed by atoms with E-state index in [9.17, 15) is 0 Å². The fourth-order valence-corrected chi connectivity index (χ4v) is 1.82. The summed E-state index contributed by atoms with van der Waals surface area (Å²) >= 11 is 0. The van der Waals surface area contributed by atoms with E-state index in [0.29, 0.717) is 0 Å². The van der Waals surface area contributed by atoms with Crippen LogP contribution in [0.5, 0.6) is 0 Å². The van der Waals surface area contributed by atoms with Gasteiger partial charge in [-0.15, -0.1) is 0 Å². The van der Waals surface area contributed by atoms with Crippen molar-refractivity contribution >= 4 is 0 Å². The number of hydrogen-bond donors (Lipinski definition) is 2. The van der Waals surface area contributed by atoms with Crippen molar-refractivity contribution in [2.24, 2.45) is 0 Å². The number of aromatic amines is 1. The Morgan fingerprint density at radius 2 is 2.60 bits per heavy atom. The maximum Gasteiger partial charge on any atom is 0.135 e. The van der Waals surface area contributed by atoms with Gasteiger partial charge in [-0.25, -0.2) is 4.98 Å². The molecule has 1 saturated heterocycles. The third-order valence-electron chi connectivity index (χ3n) is 2.62. The topological polar surface area (TPSA) is 49.9 Å². The summed E-state index contributed by atoms with van der Waals surface area (Å²) in [4.78, 5) is 7.67. The lowest BCUT2D eigenvalue weighted by atomic mass is 10.2. The van der Waals surface area contributed by atoms with Crippen LogP contribution in [0, 0.1) is 0 Å². The lowest BCUT2D eigenvalue weighted by Gasteiger charge is -2.04. The molecule has 0 saturated carbocycles. The molecule has 1 aliphatic heterocycles. The second-order valence-corrected chi connectivity index (χ2v) is 3.97. The van der Waals surface area contributed by atoms with E-state index in [2.05, 4.69) is 22.2 Å². The monoisotopic (exact) mass is 209 g/mol. The summed E-state index contributed by atoms with van der Waals surface area (Å²) in [5.74, 6) is 0.987. The molecule has 0 bridgehead atoms. The summed E-state index contributed by atoms with van der Waals surface area (Å²) in [7, 11) is 0. The maximum absolute atomic E-state index is 5.56. The van der Waals surface area contributed by atoms with E-state index in [4.69, 9.17) is 4.74 Å². The van der Waals surface area contributed by atoms with Crippen molar-refractivity contribution in [3.63, 3.8) is 0 Å². The molecule has 2 rings (SSSR count). The van der Waals surface area contributed by atoms with E-state index < -0.39 is 0 Å². The van der Waals surface area contributed by atoms with Gasteiger partial charge in [0.25, 0.3) is 0 Å². The summed E-state index contributed by atoms with van der Waals surface area (Å²) in [6, 6.07) is 0. The molecule has 2 heterocycles. The van der Waals surface area contributed by atoms with Gasteiger partial charge in [-0.3, -0.25) is 0 Å². The predicted octanol–water partition coefficient (Wildman–Crippen LogP) is 1.76. The Bertz CT molecular complexity index is 292. The van der Waals surface area contributed by atoms with E-state index in [0.717, 1.165) is 50.5 Å². The molecule has 15 heavy (non-hydrogen) atoms. The first-order valence-electron chi connectivity index (χ1n) is 5.76. The third-order valence-corrected chi connectivity index (χ3v) is 2.62. The van der Waals surface area contributed by atoms with Crippen molar-refractivity contribution in [1.29, 1.82) is 0 Å². The normalized spacial score (nSPS) is 21.0. The van der Waals surface area contributed by atoms with Gasteiger partial charge < -0.3 is 15.0 Å². The third kappa shape index (κ3) is 2.79. The van der Waals surface area contributed by atoms with Crippen LogP contribution in [0.4, 0.5) is 0 Å². The zero-order valence-corrected chi connectivity index (χ0v) is 9.25. The second-order valence-electron chi connectivity index (χ2n) is 3.97. The Kier molecular flexibility index (Phi) is 3.75. The predicted molar refractivity (Wildman–Crippen MR) is 58.5 cm³/mol. The smallest absolute Gasteiger partial charge is 0.135 e. The van der Waals surface area contributed by atoms with Gasteiger partial charge >= 0.3 is 0 Å². The fraction of sp³-hybridized carbons (Fsp3) is 0.727. The summed E-state index contributed by atoms with van der Waals surface area (Å²) in [6.45, 7) is 4.95. The molecular weight excluding hydrogens is 190 g/mol. The van der Waals surface area contributed by atoms with Crippen LogP contribution in [-0.4, -0.2) is 23.1 Å². The summed E-state index contributed by atoms with van der Waals surface area (Å²) in [5, 5.41) is 3.34. The Morgan fingerprint density at radius 3 is 3.33 bits per heavy atom. The van der Waals surface area contributed by atoms with Gasteiger partial charge in [0.15, 0.2) is 0 Å².